The molecular formula is C27H36N2. The molecule has 1 atom stereocenters. The molecule has 0 rings (SSSR count). The van der Waals surface area contributed by atoms with Crippen molar-refractivity contribution >= 4 is 5.71 Å². The average Bonchev–Trinajstić information content (AvgIpc) is 2.71. The lowest BCUT2D eigenvalue weighted by Crippen LogP contribution is -2.28. The Morgan fingerprint density at radius 2 is 1.69 bits per heavy atom. The van der Waals surface area contributed by atoms with Crippen molar-refractivity contribution in [3.63, 3.8) is 0 Å². The highest BCUT2D eigenvalue weighted by Gasteiger charge is 2.10. The van der Waals surface area contributed by atoms with Crippen molar-refractivity contribution in [1.82, 2.24) is 0 Å². The molecule has 29 heavy (non-hydrogen) atoms. The minimum Gasteiger partial charge on any atom is -0.319 e. The molecule has 0 spiro atoms. The van der Waals surface area contributed by atoms with Crippen LogP contribution in [0.5, 0.6) is 0 Å². The predicted molar refractivity (Wildman–Crippen MR) is 132 cm³/mol. The molecule has 0 saturated carbocycles. The van der Waals surface area contributed by atoms with Crippen molar-refractivity contribution < 1.29 is 0 Å². The number of hydrogen-bond acceptors (Lipinski definition) is 2. The fourth-order valence-electron chi connectivity index (χ4n) is 2.27. The van der Waals surface area contributed by atoms with Crippen LogP contribution in [-0.2, 0) is 0 Å². The zero-order valence-electron chi connectivity index (χ0n) is 18.0. The van der Waals surface area contributed by atoms with E-state index in [4.69, 9.17) is 11.1 Å². The van der Waals surface area contributed by atoms with Crippen molar-refractivity contribution in [3.8, 4) is 0 Å². The van der Waals surface area contributed by atoms with E-state index in [0.29, 0.717) is 11.3 Å². The second kappa shape index (κ2) is 17.2. The molecule has 0 saturated heterocycles. The molecular weight excluding hydrogens is 352 g/mol. The monoisotopic (exact) mass is 388 g/mol. The number of hydrogen-bond donors (Lipinski definition) is 2. The number of allylic oxidation sites excluding steroid dienone is 15. The van der Waals surface area contributed by atoms with Gasteiger partial charge in [0.2, 0.25) is 0 Å². The first-order valence-electron chi connectivity index (χ1n) is 9.90. The maximum absolute atomic E-state index is 8.28. The largest absolute Gasteiger partial charge is 0.319 e. The molecule has 0 aromatic heterocycles. The predicted octanol–water partition coefficient (Wildman–Crippen LogP) is 7.11. The van der Waals surface area contributed by atoms with E-state index in [-0.39, 0.29) is 0 Å². The van der Waals surface area contributed by atoms with Gasteiger partial charge in [-0.2, -0.15) is 0 Å². The van der Waals surface area contributed by atoms with Crippen LogP contribution in [0.25, 0.3) is 0 Å². The summed E-state index contributed by atoms with van der Waals surface area (Å²) in [5, 5.41) is 8.28. The zero-order valence-corrected chi connectivity index (χ0v) is 18.0. The Kier molecular flexibility index (Phi) is 15.4. The third kappa shape index (κ3) is 12.9. The fraction of sp³-hybridized carbons (Fsp3) is 0.222. The first-order chi connectivity index (χ1) is 14.0. The lowest BCUT2D eigenvalue weighted by atomic mass is 9.98. The first kappa shape index (κ1) is 26.0. The van der Waals surface area contributed by atoms with E-state index in [2.05, 4.69) is 38.0 Å². The lowest BCUT2D eigenvalue weighted by Gasteiger charge is -2.12. The molecule has 0 aliphatic heterocycles. The molecule has 0 aliphatic carbocycles. The third-order valence-corrected chi connectivity index (χ3v) is 4.01. The smallest absolute Gasteiger partial charge is 0.0658 e. The Hall–Kier alpha value is -2.97. The summed E-state index contributed by atoms with van der Waals surface area (Å²) in [5.41, 5.74) is 9.14. The summed E-state index contributed by atoms with van der Waals surface area (Å²) < 4.78 is 0. The van der Waals surface area contributed by atoms with Gasteiger partial charge in [0.05, 0.1) is 11.8 Å². The highest BCUT2D eigenvalue weighted by Crippen LogP contribution is 2.11. The van der Waals surface area contributed by atoms with E-state index in [1.54, 1.807) is 12.2 Å². The van der Waals surface area contributed by atoms with Crippen LogP contribution in [0.1, 0.15) is 33.1 Å². The number of rotatable bonds is 14. The lowest BCUT2D eigenvalue weighted by molar-refractivity contribution is 1.05. The molecule has 0 aromatic carbocycles. The topological polar surface area (TPSA) is 49.9 Å². The van der Waals surface area contributed by atoms with E-state index >= 15 is 0 Å². The zero-order chi connectivity index (χ0) is 21.9. The summed E-state index contributed by atoms with van der Waals surface area (Å²) in [7, 11) is 0. The van der Waals surface area contributed by atoms with Gasteiger partial charge in [-0.15, -0.1) is 6.58 Å². The number of nitrogens with two attached hydrogens (primary N) is 1. The van der Waals surface area contributed by atoms with Gasteiger partial charge in [-0.25, -0.2) is 0 Å². The molecule has 0 amide bonds. The normalized spacial score (nSPS) is 14.6. The van der Waals surface area contributed by atoms with Gasteiger partial charge in [0.1, 0.15) is 0 Å². The van der Waals surface area contributed by atoms with Crippen LogP contribution < -0.4 is 5.73 Å². The summed E-state index contributed by atoms with van der Waals surface area (Å²) in [6.07, 6.45) is 30.2. The summed E-state index contributed by atoms with van der Waals surface area (Å²) in [6.45, 7) is 15.4. The summed E-state index contributed by atoms with van der Waals surface area (Å²) in [4.78, 5) is 0. The molecule has 0 bridgehead atoms. The summed E-state index contributed by atoms with van der Waals surface area (Å²) >= 11 is 0. The van der Waals surface area contributed by atoms with Crippen LogP contribution in [0, 0.1) is 5.41 Å². The highest BCUT2D eigenvalue weighted by molar-refractivity contribution is 6.05. The maximum Gasteiger partial charge on any atom is 0.0658 e. The second-order valence-electron chi connectivity index (χ2n) is 6.44. The minimum atomic E-state index is -0.498. The molecule has 0 fully saturated rings. The highest BCUT2D eigenvalue weighted by atomic mass is 14.7. The van der Waals surface area contributed by atoms with Crippen molar-refractivity contribution in [2.24, 2.45) is 5.73 Å². The molecule has 0 heterocycles. The van der Waals surface area contributed by atoms with Crippen LogP contribution in [0.2, 0.25) is 0 Å². The Morgan fingerprint density at radius 1 is 1.00 bits per heavy atom. The fourth-order valence-corrected chi connectivity index (χ4v) is 2.27. The Balaban J connectivity index is 4.67. The first-order valence-corrected chi connectivity index (χ1v) is 9.90. The van der Waals surface area contributed by atoms with Gasteiger partial charge in [0.15, 0.2) is 0 Å². The Bertz CT molecular complexity index is 749. The SMILES string of the molecule is C=C\C=C(/C=C/C=C/C(N)C(=N)C(=C)/C(C)=C/C=C\CC/C=C\C=C\C)CC=C. The van der Waals surface area contributed by atoms with Crippen LogP contribution in [-0.4, -0.2) is 11.8 Å². The van der Waals surface area contributed by atoms with Gasteiger partial charge in [-0.3, -0.25) is 0 Å². The van der Waals surface area contributed by atoms with E-state index in [0.717, 1.165) is 30.4 Å². The molecule has 1 unspecified atom stereocenters. The summed E-state index contributed by atoms with van der Waals surface area (Å²) in [6, 6.07) is -0.498. The average molecular weight is 389 g/mol. The third-order valence-electron chi connectivity index (χ3n) is 4.01. The van der Waals surface area contributed by atoms with E-state index in [9.17, 15) is 0 Å². The number of nitrogens with one attached hydrogen (secondary N) is 1. The van der Waals surface area contributed by atoms with Crippen molar-refractivity contribution in [2.75, 3.05) is 0 Å². The molecule has 3 N–H and O–H groups in total. The Morgan fingerprint density at radius 3 is 2.31 bits per heavy atom. The minimum absolute atomic E-state index is 0.319. The van der Waals surface area contributed by atoms with Crippen LogP contribution in [0.4, 0.5) is 0 Å². The van der Waals surface area contributed by atoms with Crippen molar-refractivity contribution in [3.05, 3.63) is 122 Å². The summed E-state index contributed by atoms with van der Waals surface area (Å²) in [5.74, 6) is 0. The van der Waals surface area contributed by atoms with E-state index in [1.165, 1.54) is 0 Å². The van der Waals surface area contributed by atoms with E-state index < -0.39 is 6.04 Å². The number of unbranched alkanes of at least 4 members (excludes halogenated alkanes) is 1. The molecule has 0 aromatic rings. The van der Waals surface area contributed by atoms with Crippen molar-refractivity contribution in [2.45, 2.75) is 39.2 Å². The van der Waals surface area contributed by atoms with Gasteiger partial charge >= 0.3 is 0 Å². The van der Waals surface area contributed by atoms with E-state index in [1.807, 2.05) is 68.5 Å². The van der Waals surface area contributed by atoms with Crippen LogP contribution >= 0.6 is 0 Å². The molecule has 0 radical (unpaired) electrons. The van der Waals surface area contributed by atoms with Crippen LogP contribution in [0.15, 0.2) is 122 Å². The molecule has 2 nitrogen and oxygen atoms in total. The van der Waals surface area contributed by atoms with Gasteiger partial charge in [-0.05, 0) is 49.8 Å². The van der Waals surface area contributed by atoms with Crippen LogP contribution in [0.3, 0.4) is 0 Å². The standard InChI is InChI=1S/C27H36N2/c1-6-9-10-11-12-13-14-15-20-23(4)24(5)27(29)26(28)22-17-16-21-25(18-7-2)19-8-3/h6-11,14-18,20-22,26,29H,2-3,5,12-13,19,28H2,1,4H3/b9-6+,11-10-,15-14-,21-16+,22-17+,23-20+,25-18-,29-27?. The second-order valence-corrected chi connectivity index (χ2v) is 6.44. The van der Waals surface area contributed by atoms with Gasteiger partial charge in [-0.1, -0.05) is 98.2 Å². The van der Waals surface area contributed by atoms with Gasteiger partial charge < -0.3 is 11.1 Å². The Labute approximate surface area is 177 Å². The molecule has 154 valence electrons. The van der Waals surface area contributed by atoms with Gasteiger partial charge in [0.25, 0.3) is 0 Å². The quantitative estimate of drug-likeness (QED) is 0.142. The van der Waals surface area contributed by atoms with Gasteiger partial charge in [0, 0.05) is 0 Å². The van der Waals surface area contributed by atoms with Crippen molar-refractivity contribution in [1.29, 1.82) is 5.41 Å². The maximum atomic E-state index is 8.28. The molecule has 0 aliphatic rings. The molecule has 2 heteroatoms.